The van der Waals surface area contributed by atoms with Crippen molar-refractivity contribution in [1.82, 2.24) is 9.55 Å². The first-order valence-electron chi connectivity index (χ1n) is 4.28. The molecular formula is C8H10N2O4. The Kier molecular flexibility index (Phi) is 2.22. The monoisotopic (exact) mass is 198 g/mol. The van der Waals surface area contributed by atoms with Crippen molar-refractivity contribution in [2.45, 2.75) is 18.8 Å². The molecule has 2 rings (SSSR count). The molecule has 2 N–H and O–H groups in total. The van der Waals surface area contributed by atoms with E-state index in [1.165, 1.54) is 16.8 Å². The molecule has 0 radical (unpaired) electrons. The summed E-state index contributed by atoms with van der Waals surface area (Å²) in [5.41, 5.74) is -0.957. The van der Waals surface area contributed by atoms with Crippen LogP contribution in [0, 0.1) is 0 Å². The Morgan fingerprint density at radius 2 is 2.36 bits per heavy atom. The standard InChI is InChI=1S/C8H10N2O4/c11-5-3-7(14-4-5)10-2-1-6(12)9-8(10)13/h1-2,5,7,11H,3-4H2,(H,9,12,13)/t5-,7+/m0/s1. The maximum Gasteiger partial charge on any atom is 0.330 e. The SMILES string of the molecule is O=c1ccn([C@H]2C[C@H](O)CO2)c(=O)[nH]1. The Morgan fingerprint density at radius 1 is 1.57 bits per heavy atom. The Labute approximate surface area is 78.8 Å². The maximum absolute atomic E-state index is 11.3. The van der Waals surface area contributed by atoms with Gasteiger partial charge in [-0.15, -0.1) is 0 Å². The van der Waals surface area contributed by atoms with Gasteiger partial charge in [-0.25, -0.2) is 4.79 Å². The Hall–Kier alpha value is -1.40. The van der Waals surface area contributed by atoms with Crippen LogP contribution in [0.5, 0.6) is 0 Å². The van der Waals surface area contributed by atoms with Gasteiger partial charge in [0.1, 0.15) is 6.23 Å². The van der Waals surface area contributed by atoms with E-state index in [-0.39, 0.29) is 6.61 Å². The number of aromatic nitrogens is 2. The molecule has 0 bridgehead atoms. The predicted molar refractivity (Wildman–Crippen MR) is 46.9 cm³/mol. The van der Waals surface area contributed by atoms with Crippen LogP contribution in [-0.4, -0.2) is 27.4 Å². The van der Waals surface area contributed by atoms with Crippen molar-refractivity contribution in [2.75, 3.05) is 6.61 Å². The van der Waals surface area contributed by atoms with Crippen LogP contribution < -0.4 is 11.2 Å². The summed E-state index contributed by atoms with van der Waals surface area (Å²) in [5, 5.41) is 9.19. The van der Waals surface area contributed by atoms with Crippen LogP contribution in [0.25, 0.3) is 0 Å². The van der Waals surface area contributed by atoms with Gasteiger partial charge in [-0.3, -0.25) is 14.3 Å². The van der Waals surface area contributed by atoms with Crippen molar-refractivity contribution in [3.63, 3.8) is 0 Å². The summed E-state index contributed by atoms with van der Waals surface area (Å²) in [6.07, 6.45) is 0.712. The molecular weight excluding hydrogens is 188 g/mol. The number of ether oxygens (including phenoxy) is 1. The predicted octanol–water partition coefficient (Wildman–Crippen LogP) is -1.18. The molecule has 0 aliphatic carbocycles. The lowest BCUT2D eigenvalue weighted by Gasteiger charge is -2.11. The van der Waals surface area contributed by atoms with Crippen molar-refractivity contribution in [3.8, 4) is 0 Å². The lowest BCUT2D eigenvalue weighted by atomic mass is 10.3. The molecule has 0 amide bonds. The van der Waals surface area contributed by atoms with Crippen LogP contribution in [0.3, 0.4) is 0 Å². The Bertz CT molecular complexity index is 435. The molecule has 1 aliphatic rings. The topological polar surface area (TPSA) is 84.3 Å². The van der Waals surface area contributed by atoms with E-state index in [1.807, 2.05) is 0 Å². The Balaban J connectivity index is 2.33. The van der Waals surface area contributed by atoms with Crippen LogP contribution in [0.15, 0.2) is 21.9 Å². The zero-order chi connectivity index (χ0) is 10.1. The normalized spacial score (nSPS) is 26.6. The van der Waals surface area contributed by atoms with Gasteiger partial charge in [0.05, 0.1) is 12.7 Å². The minimum atomic E-state index is -0.543. The fourth-order valence-corrected chi connectivity index (χ4v) is 1.44. The van der Waals surface area contributed by atoms with E-state index in [0.29, 0.717) is 6.42 Å². The molecule has 1 fully saturated rings. The van der Waals surface area contributed by atoms with Crippen LogP contribution in [-0.2, 0) is 4.74 Å². The lowest BCUT2D eigenvalue weighted by Crippen LogP contribution is -2.31. The highest BCUT2D eigenvalue weighted by Crippen LogP contribution is 2.20. The third kappa shape index (κ3) is 1.61. The molecule has 6 nitrogen and oxygen atoms in total. The Morgan fingerprint density at radius 3 is 2.93 bits per heavy atom. The summed E-state index contributed by atoms with van der Waals surface area (Å²) in [6, 6.07) is 1.25. The van der Waals surface area contributed by atoms with Crippen molar-refractivity contribution < 1.29 is 9.84 Å². The molecule has 14 heavy (non-hydrogen) atoms. The van der Waals surface area contributed by atoms with Crippen LogP contribution in [0.2, 0.25) is 0 Å². The van der Waals surface area contributed by atoms with Gasteiger partial charge in [0.25, 0.3) is 5.56 Å². The molecule has 0 unspecified atom stereocenters. The first-order valence-corrected chi connectivity index (χ1v) is 4.28. The van der Waals surface area contributed by atoms with Crippen LogP contribution in [0.4, 0.5) is 0 Å². The first kappa shape index (κ1) is 9.17. The molecule has 1 saturated heterocycles. The first-order chi connectivity index (χ1) is 6.66. The summed E-state index contributed by atoms with van der Waals surface area (Å²) < 4.78 is 6.42. The summed E-state index contributed by atoms with van der Waals surface area (Å²) >= 11 is 0. The van der Waals surface area contributed by atoms with Crippen LogP contribution in [0.1, 0.15) is 12.6 Å². The van der Waals surface area contributed by atoms with E-state index < -0.39 is 23.6 Å². The average molecular weight is 198 g/mol. The van der Waals surface area contributed by atoms with Crippen molar-refractivity contribution in [3.05, 3.63) is 33.1 Å². The fraction of sp³-hybridized carbons (Fsp3) is 0.500. The van der Waals surface area contributed by atoms with Gasteiger partial charge >= 0.3 is 5.69 Å². The second-order valence-electron chi connectivity index (χ2n) is 3.19. The minimum Gasteiger partial charge on any atom is -0.391 e. The third-order valence-electron chi connectivity index (χ3n) is 2.12. The highest BCUT2D eigenvalue weighted by atomic mass is 16.5. The van der Waals surface area contributed by atoms with Gasteiger partial charge < -0.3 is 9.84 Å². The maximum atomic E-state index is 11.3. The molecule has 0 spiro atoms. The van der Waals surface area contributed by atoms with Crippen molar-refractivity contribution in [1.29, 1.82) is 0 Å². The molecule has 1 aromatic rings. The third-order valence-corrected chi connectivity index (χ3v) is 2.12. The molecule has 0 saturated carbocycles. The molecule has 1 aliphatic heterocycles. The van der Waals surface area contributed by atoms with Crippen molar-refractivity contribution in [2.24, 2.45) is 0 Å². The van der Waals surface area contributed by atoms with Gasteiger partial charge in [-0.05, 0) is 0 Å². The van der Waals surface area contributed by atoms with E-state index >= 15 is 0 Å². The molecule has 6 heteroatoms. The van der Waals surface area contributed by atoms with E-state index in [2.05, 4.69) is 4.98 Å². The molecule has 2 heterocycles. The number of hydrogen-bond donors (Lipinski definition) is 2. The highest BCUT2D eigenvalue weighted by Gasteiger charge is 2.25. The molecule has 1 aromatic heterocycles. The summed E-state index contributed by atoms with van der Waals surface area (Å²) in [4.78, 5) is 24.2. The summed E-state index contributed by atoms with van der Waals surface area (Å²) in [6.45, 7) is 0.218. The number of H-pyrrole nitrogens is 1. The summed E-state index contributed by atoms with van der Waals surface area (Å²) in [7, 11) is 0. The highest BCUT2D eigenvalue weighted by molar-refractivity contribution is 4.85. The number of aliphatic hydroxyl groups excluding tert-OH is 1. The van der Waals surface area contributed by atoms with Gasteiger partial charge in [0.15, 0.2) is 0 Å². The van der Waals surface area contributed by atoms with E-state index in [4.69, 9.17) is 4.74 Å². The average Bonchev–Trinajstić information content (AvgIpc) is 2.51. The van der Waals surface area contributed by atoms with Gasteiger partial charge in [-0.2, -0.15) is 0 Å². The zero-order valence-corrected chi connectivity index (χ0v) is 7.34. The largest absolute Gasteiger partial charge is 0.391 e. The summed E-state index contributed by atoms with van der Waals surface area (Å²) in [5.74, 6) is 0. The second kappa shape index (κ2) is 3.39. The number of rotatable bonds is 1. The van der Waals surface area contributed by atoms with Gasteiger partial charge in [0.2, 0.25) is 0 Å². The number of aromatic amines is 1. The van der Waals surface area contributed by atoms with Crippen molar-refractivity contribution >= 4 is 0 Å². The lowest BCUT2D eigenvalue weighted by molar-refractivity contribution is 0.0447. The fourth-order valence-electron chi connectivity index (χ4n) is 1.44. The number of nitrogens with one attached hydrogen (secondary N) is 1. The van der Waals surface area contributed by atoms with E-state index in [9.17, 15) is 14.7 Å². The quantitative estimate of drug-likeness (QED) is 0.594. The number of nitrogens with zero attached hydrogens (tertiary/aromatic N) is 1. The van der Waals surface area contributed by atoms with E-state index in [0.717, 1.165) is 0 Å². The second-order valence-corrected chi connectivity index (χ2v) is 3.19. The number of hydrogen-bond acceptors (Lipinski definition) is 4. The van der Waals surface area contributed by atoms with Gasteiger partial charge in [-0.1, -0.05) is 0 Å². The number of aliphatic hydroxyl groups is 1. The molecule has 76 valence electrons. The zero-order valence-electron chi connectivity index (χ0n) is 7.34. The molecule has 0 aromatic carbocycles. The van der Waals surface area contributed by atoms with Gasteiger partial charge in [0, 0.05) is 18.7 Å². The smallest absolute Gasteiger partial charge is 0.330 e. The molecule has 2 atom stereocenters. The minimum absolute atomic E-state index is 0.218. The van der Waals surface area contributed by atoms with E-state index in [1.54, 1.807) is 0 Å². The van der Waals surface area contributed by atoms with Crippen LogP contribution >= 0.6 is 0 Å².